The number of ether oxygens (including phenoxy) is 1. The third-order valence-corrected chi connectivity index (χ3v) is 7.41. The van der Waals surface area contributed by atoms with Crippen LogP contribution in [0.1, 0.15) is 15.9 Å². The third-order valence-electron chi connectivity index (χ3n) is 4.50. The van der Waals surface area contributed by atoms with Crippen LogP contribution in [0.2, 0.25) is 5.02 Å². The molecule has 0 aliphatic heterocycles. The van der Waals surface area contributed by atoms with Crippen molar-refractivity contribution < 1.29 is 26.4 Å². The van der Waals surface area contributed by atoms with Crippen molar-refractivity contribution in [2.75, 3.05) is 17.6 Å². The maximum atomic E-state index is 12.8. The molecule has 0 amide bonds. The Morgan fingerprint density at radius 2 is 1.44 bits per heavy atom. The summed E-state index contributed by atoms with van der Waals surface area (Å²) in [6.07, 6.45) is 1.14. The molecule has 0 aromatic heterocycles. The lowest BCUT2D eigenvalue weighted by Crippen LogP contribution is -2.26. The molecule has 0 aliphatic rings. The number of anilines is 1. The van der Waals surface area contributed by atoms with Gasteiger partial charge in [-0.15, -0.1) is 0 Å². The molecule has 0 unspecified atom stereocenters. The zero-order chi connectivity index (χ0) is 23.5. The first-order valence-corrected chi connectivity index (χ1v) is 13.2. The Balaban J connectivity index is 1.70. The highest BCUT2D eigenvalue weighted by atomic mass is 35.5. The highest BCUT2D eigenvalue weighted by molar-refractivity contribution is 7.92. The Morgan fingerprint density at radius 3 is 1.97 bits per heavy atom. The van der Waals surface area contributed by atoms with E-state index >= 15 is 0 Å². The molecule has 0 saturated heterocycles. The smallest absolute Gasteiger partial charge is 0.343 e. The number of sulfonamides is 1. The minimum Gasteiger partial charge on any atom is -0.423 e. The summed E-state index contributed by atoms with van der Waals surface area (Å²) in [4.78, 5) is 12.4. The first-order valence-electron chi connectivity index (χ1n) is 9.29. The molecule has 10 heteroatoms. The summed E-state index contributed by atoms with van der Waals surface area (Å²) in [6.45, 7) is 0. The van der Waals surface area contributed by atoms with Gasteiger partial charge >= 0.3 is 5.97 Å². The Bertz CT molecular complexity index is 1320. The predicted octanol–water partition coefficient (Wildman–Crippen LogP) is 3.93. The number of carbonyl (C=O) groups excluding carboxylic acids is 1. The van der Waals surface area contributed by atoms with Crippen molar-refractivity contribution >= 4 is 43.1 Å². The molecular formula is C22H20ClNO6S2. The Hall–Kier alpha value is -2.88. The highest BCUT2D eigenvalue weighted by Crippen LogP contribution is 2.25. The summed E-state index contributed by atoms with van der Waals surface area (Å²) in [5, 5.41) is 0.433. The molecule has 3 aromatic carbocycles. The summed E-state index contributed by atoms with van der Waals surface area (Å²) >= 11 is 5.82. The van der Waals surface area contributed by atoms with E-state index < -0.39 is 25.8 Å². The molecular weight excluding hydrogens is 474 g/mol. The average molecular weight is 494 g/mol. The van der Waals surface area contributed by atoms with Crippen molar-refractivity contribution in [3.05, 3.63) is 88.9 Å². The maximum Gasteiger partial charge on any atom is 0.343 e. The Morgan fingerprint density at radius 1 is 0.875 bits per heavy atom. The second-order valence-electron chi connectivity index (χ2n) is 7.08. The molecule has 0 bridgehead atoms. The second kappa shape index (κ2) is 9.32. The number of sulfone groups is 1. The molecule has 0 aliphatic carbocycles. The Kier molecular flexibility index (Phi) is 6.92. The van der Waals surface area contributed by atoms with Gasteiger partial charge < -0.3 is 4.74 Å². The fraction of sp³-hybridized carbons (Fsp3) is 0.136. The molecule has 0 spiro atoms. The van der Waals surface area contributed by atoms with Crippen LogP contribution in [0.5, 0.6) is 5.75 Å². The number of hydrogen-bond acceptors (Lipinski definition) is 6. The first-order chi connectivity index (χ1) is 15.0. The maximum absolute atomic E-state index is 12.8. The number of nitrogens with zero attached hydrogens (tertiary/aromatic N) is 1. The molecule has 32 heavy (non-hydrogen) atoms. The molecule has 3 aromatic rings. The lowest BCUT2D eigenvalue weighted by Gasteiger charge is -2.19. The number of carbonyl (C=O) groups is 1. The van der Waals surface area contributed by atoms with Crippen molar-refractivity contribution in [2.24, 2.45) is 0 Å². The monoisotopic (exact) mass is 493 g/mol. The van der Waals surface area contributed by atoms with Gasteiger partial charge in [-0.05, 0) is 66.2 Å². The molecule has 0 saturated carbocycles. The average Bonchev–Trinajstić information content (AvgIpc) is 2.73. The standard InChI is InChI=1S/C22H20ClNO6S2/c1-24(32(28,29)21-13-7-18(23)8-14-21)19-9-11-20(12-10-19)30-22(25)17-5-3-16(4-6-17)15-31(2,26)27/h3-14H,15H2,1-2H3. The van der Waals surface area contributed by atoms with Gasteiger partial charge in [-0.2, -0.15) is 0 Å². The van der Waals surface area contributed by atoms with E-state index in [0.717, 1.165) is 10.6 Å². The SMILES string of the molecule is CN(c1ccc(OC(=O)c2ccc(CS(C)(=O)=O)cc2)cc1)S(=O)(=O)c1ccc(Cl)cc1. The van der Waals surface area contributed by atoms with Crippen molar-refractivity contribution in [2.45, 2.75) is 10.6 Å². The summed E-state index contributed by atoms with van der Waals surface area (Å²) in [5.41, 5.74) is 1.21. The fourth-order valence-electron chi connectivity index (χ4n) is 2.83. The van der Waals surface area contributed by atoms with E-state index in [4.69, 9.17) is 16.3 Å². The number of benzene rings is 3. The summed E-state index contributed by atoms with van der Waals surface area (Å²) < 4.78 is 54.7. The van der Waals surface area contributed by atoms with Gasteiger partial charge in [0.25, 0.3) is 10.0 Å². The fourth-order valence-corrected chi connectivity index (χ4v) is 4.95. The minimum atomic E-state index is -3.78. The van der Waals surface area contributed by atoms with Crippen LogP contribution < -0.4 is 9.04 Å². The number of rotatable bonds is 7. The summed E-state index contributed by atoms with van der Waals surface area (Å²) in [6, 6.07) is 17.9. The van der Waals surface area contributed by atoms with Crippen molar-refractivity contribution in [1.29, 1.82) is 0 Å². The van der Waals surface area contributed by atoms with Gasteiger partial charge in [0.1, 0.15) is 5.75 Å². The second-order valence-corrected chi connectivity index (χ2v) is 11.6. The van der Waals surface area contributed by atoms with E-state index in [1.807, 2.05) is 0 Å². The van der Waals surface area contributed by atoms with E-state index in [0.29, 0.717) is 16.3 Å². The molecule has 0 fully saturated rings. The van der Waals surface area contributed by atoms with Gasteiger partial charge in [0.2, 0.25) is 0 Å². The van der Waals surface area contributed by atoms with E-state index in [1.54, 1.807) is 12.1 Å². The van der Waals surface area contributed by atoms with E-state index in [9.17, 15) is 21.6 Å². The number of halogens is 1. The summed E-state index contributed by atoms with van der Waals surface area (Å²) in [7, 11) is -5.53. The number of esters is 1. The van der Waals surface area contributed by atoms with E-state index in [-0.39, 0.29) is 22.0 Å². The van der Waals surface area contributed by atoms with Crippen LogP contribution in [0.4, 0.5) is 5.69 Å². The molecule has 0 heterocycles. The van der Waals surface area contributed by atoms with Gasteiger partial charge in [0, 0.05) is 18.3 Å². The van der Waals surface area contributed by atoms with Crippen LogP contribution in [0.3, 0.4) is 0 Å². The topological polar surface area (TPSA) is 97.8 Å². The van der Waals surface area contributed by atoms with E-state index in [2.05, 4.69) is 0 Å². The minimum absolute atomic E-state index is 0.0965. The van der Waals surface area contributed by atoms with Crippen molar-refractivity contribution in [3.8, 4) is 5.75 Å². The van der Waals surface area contributed by atoms with Crippen molar-refractivity contribution in [3.63, 3.8) is 0 Å². The van der Waals surface area contributed by atoms with Crippen LogP contribution in [-0.4, -0.2) is 36.1 Å². The van der Waals surface area contributed by atoms with Gasteiger partial charge in [-0.3, -0.25) is 4.31 Å². The van der Waals surface area contributed by atoms with Crippen LogP contribution in [0.15, 0.2) is 77.7 Å². The molecule has 0 atom stereocenters. The van der Waals surface area contributed by atoms with Crippen LogP contribution >= 0.6 is 11.6 Å². The van der Waals surface area contributed by atoms with Gasteiger partial charge in [-0.1, -0.05) is 23.7 Å². The third kappa shape index (κ3) is 5.87. The van der Waals surface area contributed by atoms with Crippen LogP contribution in [-0.2, 0) is 25.6 Å². The van der Waals surface area contributed by atoms with E-state index in [1.165, 1.54) is 67.7 Å². The lowest BCUT2D eigenvalue weighted by molar-refractivity contribution is 0.0734. The quantitative estimate of drug-likeness (QED) is 0.365. The zero-order valence-electron chi connectivity index (χ0n) is 17.2. The molecule has 7 nitrogen and oxygen atoms in total. The molecule has 3 rings (SSSR count). The molecule has 0 N–H and O–H groups in total. The van der Waals surface area contributed by atoms with Crippen molar-refractivity contribution in [1.82, 2.24) is 0 Å². The van der Waals surface area contributed by atoms with Gasteiger partial charge in [-0.25, -0.2) is 21.6 Å². The summed E-state index contributed by atoms with van der Waals surface area (Å²) in [5.74, 6) is -0.502. The van der Waals surface area contributed by atoms with Crippen LogP contribution in [0.25, 0.3) is 0 Å². The normalized spacial score (nSPS) is 11.7. The Labute approximate surface area is 192 Å². The first kappa shape index (κ1) is 23.8. The zero-order valence-corrected chi connectivity index (χ0v) is 19.6. The molecule has 168 valence electrons. The van der Waals surface area contributed by atoms with Crippen LogP contribution in [0, 0.1) is 0 Å². The predicted molar refractivity (Wildman–Crippen MR) is 123 cm³/mol. The number of hydrogen-bond donors (Lipinski definition) is 0. The molecule has 0 radical (unpaired) electrons. The highest BCUT2D eigenvalue weighted by Gasteiger charge is 2.21. The van der Waals surface area contributed by atoms with Gasteiger partial charge in [0.15, 0.2) is 9.84 Å². The largest absolute Gasteiger partial charge is 0.423 e. The van der Waals surface area contributed by atoms with Gasteiger partial charge in [0.05, 0.1) is 21.9 Å². The lowest BCUT2D eigenvalue weighted by atomic mass is 10.1.